The topological polar surface area (TPSA) is 64.1 Å². The summed E-state index contributed by atoms with van der Waals surface area (Å²) in [6.45, 7) is 10.9. The minimum Gasteiger partial charge on any atom is -0.485 e. The van der Waals surface area contributed by atoms with Gasteiger partial charge in [-0.05, 0) is 59.2 Å². The van der Waals surface area contributed by atoms with E-state index in [0.29, 0.717) is 26.5 Å². The smallest absolute Gasteiger partial charge is 0.257 e. The number of rotatable bonds is 8. The molecule has 1 aromatic heterocycles. The molecule has 0 aliphatic heterocycles. The Morgan fingerprint density at radius 2 is 1.88 bits per heavy atom. The fourth-order valence-electron chi connectivity index (χ4n) is 3.37. The lowest BCUT2D eigenvalue weighted by atomic mass is 9.87. The second kappa shape index (κ2) is 10.5. The van der Waals surface area contributed by atoms with E-state index < -0.39 is 0 Å². The van der Waals surface area contributed by atoms with Crippen LogP contribution in [0.25, 0.3) is 0 Å². The molecule has 1 heterocycles. The fourth-order valence-corrected chi connectivity index (χ4v) is 4.25. The Labute approximate surface area is 199 Å². The number of hydrogen-bond donors (Lipinski definition) is 1. The van der Waals surface area contributed by atoms with Gasteiger partial charge in [0.15, 0.2) is 5.01 Å². The largest absolute Gasteiger partial charge is 0.485 e. The van der Waals surface area contributed by atoms with Crippen molar-refractivity contribution in [3.8, 4) is 5.75 Å². The van der Waals surface area contributed by atoms with Crippen LogP contribution in [0.1, 0.15) is 73.1 Å². The summed E-state index contributed by atoms with van der Waals surface area (Å²) < 4.78 is 5.82. The highest BCUT2D eigenvalue weighted by molar-refractivity contribution is 7.15. The zero-order chi connectivity index (χ0) is 23.3. The van der Waals surface area contributed by atoms with Crippen molar-refractivity contribution in [2.45, 2.75) is 65.9 Å². The number of ether oxygens (including phenoxy) is 1. The molecule has 0 bridgehead atoms. The lowest BCUT2D eigenvalue weighted by Crippen LogP contribution is -2.12. The molecule has 0 atom stereocenters. The molecular weight excluding hydrogens is 442 g/mol. The summed E-state index contributed by atoms with van der Waals surface area (Å²) in [5.74, 6) is 0.411. The third kappa shape index (κ3) is 6.08. The van der Waals surface area contributed by atoms with E-state index in [1.807, 2.05) is 36.4 Å². The molecule has 0 fully saturated rings. The monoisotopic (exact) mass is 471 g/mol. The zero-order valence-electron chi connectivity index (χ0n) is 19.3. The van der Waals surface area contributed by atoms with Crippen LogP contribution in [0.3, 0.4) is 0 Å². The normalized spacial score (nSPS) is 11.4. The molecular formula is C25H30ClN3O2S. The second-order valence-electron chi connectivity index (χ2n) is 8.73. The maximum Gasteiger partial charge on any atom is 0.257 e. The maximum atomic E-state index is 12.7. The van der Waals surface area contributed by atoms with Gasteiger partial charge in [-0.1, -0.05) is 76.1 Å². The third-order valence-corrected chi connectivity index (χ3v) is 6.31. The van der Waals surface area contributed by atoms with Crippen molar-refractivity contribution in [2.24, 2.45) is 0 Å². The van der Waals surface area contributed by atoms with Crippen LogP contribution in [0.4, 0.5) is 5.13 Å². The van der Waals surface area contributed by atoms with Gasteiger partial charge in [-0.3, -0.25) is 10.1 Å². The van der Waals surface area contributed by atoms with Gasteiger partial charge in [0, 0.05) is 5.56 Å². The van der Waals surface area contributed by atoms with Crippen LogP contribution in [0.2, 0.25) is 5.02 Å². The average molecular weight is 472 g/mol. The van der Waals surface area contributed by atoms with Crippen molar-refractivity contribution in [1.82, 2.24) is 10.2 Å². The van der Waals surface area contributed by atoms with Gasteiger partial charge in [0.1, 0.15) is 12.4 Å². The van der Waals surface area contributed by atoms with Gasteiger partial charge in [-0.15, -0.1) is 10.2 Å². The van der Waals surface area contributed by atoms with Crippen molar-refractivity contribution in [1.29, 1.82) is 0 Å². The molecule has 170 valence electrons. The van der Waals surface area contributed by atoms with Crippen LogP contribution in [0, 0.1) is 0 Å². The zero-order valence-corrected chi connectivity index (χ0v) is 20.9. The van der Waals surface area contributed by atoms with Gasteiger partial charge < -0.3 is 4.74 Å². The Kier molecular flexibility index (Phi) is 7.91. The summed E-state index contributed by atoms with van der Waals surface area (Å²) in [4.78, 5) is 12.7. The van der Waals surface area contributed by atoms with E-state index in [0.717, 1.165) is 24.8 Å². The second-order valence-corrected chi connectivity index (χ2v) is 10.2. The highest BCUT2D eigenvalue weighted by Gasteiger charge is 2.16. The van der Waals surface area contributed by atoms with Gasteiger partial charge in [0.2, 0.25) is 5.13 Å². The number of carbonyl (C=O) groups is 1. The number of carbonyl (C=O) groups excluding carboxylic acids is 1. The molecule has 3 aromatic rings. The highest BCUT2D eigenvalue weighted by Crippen LogP contribution is 2.32. The van der Waals surface area contributed by atoms with E-state index >= 15 is 0 Å². The van der Waals surface area contributed by atoms with E-state index in [9.17, 15) is 4.79 Å². The van der Waals surface area contributed by atoms with E-state index in [-0.39, 0.29) is 17.9 Å². The number of nitrogens with zero attached hydrogens (tertiary/aromatic N) is 2. The first kappa shape index (κ1) is 24.2. The summed E-state index contributed by atoms with van der Waals surface area (Å²) in [6.07, 6.45) is 2.96. The molecule has 7 heteroatoms. The Hall–Kier alpha value is -2.44. The molecule has 0 aliphatic carbocycles. The SMILES string of the molecule is CCCc1cc(C(=O)Nc2nnc(COc3ccc(C(C)(C)C)cc3Cl)s2)ccc1CC. The molecule has 0 unspecified atom stereocenters. The summed E-state index contributed by atoms with van der Waals surface area (Å²) in [6, 6.07) is 11.7. The standard InChI is InChI=1S/C25H30ClN3O2S/c1-6-8-17-13-18(10-9-16(17)7-2)23(30)27-24-29-28-22(32-24)15-31-21-12-11-19(14-20(21)26)25(3,4)5/h9-14H,6-8,15H2,1-5H3,(H,27,29,30). The minimum atomic E-state index is -0.186. The number of amides is 1. The first-order valence-corrected chi connectivity index (χ1v) is 12.1. The maximum absolute atomic E-state index is 12.7. The van der Waals surface area contributed by atoms with E-state index in [1.54, 1.807) is 0 Å². The van der Waals surface area contributed by atoms with Crippen LogP contribution < -0.4 is 10.1 Å². The molecule has 0 spiro atoms. The first-order chi connectivity index (χ1) is 15.2. The lowest BCUT2D eigenvalue weighted by Gasteiger charge is -2.20. The number of benzene rings is 2. The first-order valence-electron chi connectivity index (χ1n) is 10.9. The summed E-state index contributed by atoms with van der Waals surface area (Å²) >= 11 is 7.67. The Morgan fingerprint density at radius 3 is 2.53 bits per heavy atom. The third-order valence-electron chi connectivity index (χ3n) is 5.21. The average Bonchev–Trinajstić information content (AvgIpc) is 3.19. The molecule has 1 amide bonds. The number of nitrogens with one attached hydrogen (secondary N) is 1. The van der Waals surface area contributed by atoms with Crippen molar-refractivity contribution in [3.05, 3.63) is 68.7 Å². The molecule has 0 saturated carbocycles. The van der Waals surface area contributed by atoms with E-state index in [1.165, 1.54) is 22.5 Å². The van der Waals surface area contributed by atoms with Gasteiger partial charge in [-0.25, -0.2) is 0 Å². The minimum absolute atomic E-state index is 0.0165. The van der Waals surface area contributed by atoms with Crippen molar-refractivity contribution >= 4 is 34.0 Å². The van der Waals surface area contributed by atoms with E-state index in [2.05, 4.69) is 50.1 Å². The number of halogens is 1. The fraction of sp³-hybridized carbons (Fsp3) is 0.400. The van der Waals surface area contributed by atoms with Crippen molar-refractivity contribution in [2.75, 3.05) is 5.32 Å². The molecule has 3 rings (SSSR count). The Bertz CT molecular complexity index is 1090. The Balaban J connectivity index is 1.63. The summed E-state index contributed by atoms with van der Waals surface area (Å²) in [7, 11) is 0. The number of anilines is 1. The van der Waals surface area contributed by atoms with Gasteiger partial charge in [0.05, 0.1) is 5.02 Å². The molecule has 2 aromatic carbocycles. The molecule has 1 N–H and O–H groups in total. The lowest BCUT2D eigenvalue weighted by molar-refractivity contribution is 0.102. The molecule has 0 saturated heterocycles. The summed E-state index contributed by atoms with van der Waals surface area (Å²) in [5, 5.41) is 12.7. The predicted octanol–water partition coefficient (Wildman–Crippen LogP) is 6.84. The van der Waals surface area contributed by atoms with Crippen LogP contribution in [-0.4, -0.2) is 16.1 Å². The summed E-state index contributed by atoms with van der Waals surface area (Å²) in [5.41, 5.74) is 4.30. The molecule has 32 heavy (non-hydrogen) atoms. The van der Waals surface area contributed by atoms with Crippen LogP contribution in [0.5, 0.6) is 5.75 Å². The van der Waals surface area contributed by atoms with Crippen LogP contribution in [-0.2, 0) is 24.9 Å². The van der Waals surface area contributed by atoms with Gasteiger partial charge >= 0.3 is 0 Å². The van der Waals surface area contributed by atoms with Gasteiger partial charge in [-0.2, -0.15) is 0 Å². The molecule has 5 nitrogen and oxygen atoms in total. The van der Waals surface area contributed by atoms with Crippen molar-refractivity contribution < 1.29 is 9.53 Å². The highest BCUT2D eigenvalue weighted by atomic mass is 35.5. The van der Waals surface area contributed by atoms with Crippen molar-refractivity contribution in [3.63, 3.8) is 0 Å². The van der Waals surface area contributed by atoms with E-state index in [4.69, 9.17) is 16.3 Å². The molecule has 0 radical (unpaired) electrons. The Morgan fingerprint density at radius 1 is 1.09 bits per heavy atom. The van der Waals surface area contributed by atoms with Gasteiger partial charge in [0.25, 0.3) is 5.91 Å². The molecule has 0 aliphatic rings. The number of hydrogen-bond acceptors (Lipinski definition) is 5. The van der Waals surface area contributed by atoms with Crippen LogP contribution in [0.15, 0.2) is 36.4 Å². The predicted molar refractivity (Wildman–Crippen MR) is 132 cm³/mol. The quantitative estimate of drug-likeness (QED) is 0.390. The number of aryl methyl sites for hydroxylation is 2. The number of aromatic nitrogens is 2. The van der Waals surface area contributed by atoms with Crippen LogP contribution >= 0.6 is 22.9 Å².